The van der Waals surface area contributed by atoms with Gasteiger partial charge in [-0.1, -0.05) is 29.3 Å². The van der Waals surface area contributed by atoms with Crippen LogP contribution in [0, 0.1) is 0 Å². The summed E-state index contributed by atoms with van der Waals surface area (Å²) in [7, 11) is 1.66. The molecule has 0 bridgehead atoms. The lowest BCUT2D eigenvalue weighted by atomic mass is 10.1. The van der Waals surface area contributed by atoms with E-state index in [2.05, 4.69) is 4.99 Å². The van der Waals surface area contributed by atoms with Crippen molar-refractivity contribution in [2.75, 3.05) is 26.8 Å². The monoisotopic (exact) mass is 287 g/mol. The average Bonchev–Trinajstić information content (AvgIpc) is 2.68. The molecule has 1 aliphatic rings. The largest absolute Gasteiger partial charge is 0.383 e. The summed E-state index contributed by atoms with van der Waals surface area (Å²) >= 11 is 12.1. The summed E-state index contributed by atoms with van der Waals surface area (Å²) in [4.78, 5) is 6.26. The molecule has 4 nitrogen and oxygen atoms in total. The first-order chi connectivity index (χ1) is 8.63. The molecule has 1 unspecified atom stereocenters. The number of nitrogens with two attached hydrogens (primary N) is 1. The first-order valence-electron chi connectivity index (χ1n) is 5.64. The topological polar surface area (TPSA) is 50.9 Å². The third-order valence-electron chi connectivity index (χ3n) is 2.95. The summed E-state index contributed by atoms with van der Waals surface area (Å²) in [6, 6.07) is 5.54. The van der Waals surface area contributed by atoms with E-state index in [0.717, 1.165) is 5.56 Å². The molecule has 0 amide bonds. The van der Waals surface area contributed by atoms with Crippen molar-refractivity contribution in [1.82, 2.24) is 4.90 Å². The zero-order valence-electron chi connectivity index (χ0n) is 10.1. The van der Waals surface area contributed by atoms with E-state index in [-0.39, 0.29) is 6.04 Å². The van der Waals surface area contributed by atoms with Gasteiger partial charge in [0.05, 0.1) is 19.2 Å². The van der Waals surface area contributed by atoms with Gasteiger partial charge in [0.15, 0.2) is 5.96 Å². The van der Waals surface area contributed by atoms with Crippen molar-refractivity contribution >= 4 is 29.2 Å². The van der Waals surface area contributed by atoms with E-state index in [0.29, 0.717) is 35.7 Å². The van der Waals surface area contributed by atoms with Crippen molar-refractivity contribution in [2.24, 2.45) is 10.7 Å². The van der Waals surface area contributed by atoms with Crippen LogP contribution in [0.5, 0.6) is 0 Å². The maximum absolute atomic E-state index is 6.22. The number of halogens is 2. The molecule has 0 spiro atoms. The molecule has 0 fully saturated rings. The molecule has 1 aliphatic heterocycles. The van der Waals surface area contributed by atoms with Gasteiger partial charge in [-0.15, -0.1) is 0 Å². The van der Waals surface area contributed by atoms with Gasteiger partial charge in [-0.25, -0.2) is 0 Å². The van der Waals surface area contributed by atoms with Gasteiger partial charge < -0.3 is 15.4 Å². The summed E-state index contributed by atoms with van der Waals surface area (Å²) in [5.74, 6) is 0.531. The summed E-state index contributed by atoms with van der Waals surface area (Å²) in [5, 5.41) is 1.26. The minimum Gasteiger partial charge on any atom is -0.383 e. The molecule has 6 heteroatoms. The predicted molar refractivity (Wildman–Crippen MR) is 74.3 cm³/mol. The minimum absolute atomic E-state index is 0.0601. The lowest BCUT2D eigenvalue weighted by molar-refractivity contribution is 0.166. The lowest BCUT2D eigenvalue weighted by Crippen LogP contribution is -2.38. The van der Waals surface area contributed by atoms with Crippen molar-refractivity contribution in [1.29, 1.82) is 0 Å². The van der Waals surface area contributed by atoms with Crippen molar-refractivity contribution in [3.63, 3.8) is 0 Å². The minimum atomic E-state index is 0.0601. The molecule has 1 atom stereocenters. The number of nitrogens with zero attached hydrogens (tertiary/aromatic N) is 2. The number of benzene rings is 1. The smallest absolute Gasteiger partial charge is 0.192 e. The molecule has 0 aliphatic carbocycles. The van der Waals surface area contributed by atoms with Gasteiger partial charge in [0.25, 0.3) is 0 Å². The van der Waals surface area contributed by atoms with Crippen LogP contribution in [0.3, 0.4) is 0 Å². The number of ether oxygens (including phenoxy) is 1. The molecule has 0 saturated heterocycles. The van der Waals surface area contributed by atoms with Crippen LogP contribution in [-0.2, 0) is 4.74 Å². The Balaban J connectivity index is 2.21. The van der Waals surface area contributed by atoms with Crippen LogP contribution in [0.15, 0.2) is 23.2 Å². The van der Waals surface area contributed by atoms with Gasteiger partial charge in [-0.05, 0) is 17.7 Å². The Morgan fingerprint density at radius 3 is 2.94 bits per heavy atom. The van der Waals surface area contributed by atoms with E-state index < -0.39 is 0 Å². The summed E-state index contributed by atoms with van der Waals surface area (Å²) in [6.45, 7) is 1.89. The zero-order valence-corrected chi connectivity index (χ0v) is 11.6. The average molecular weight is 288 g/mol. The van der Waals surface area contributed by atoms with Crippen LogP contribution in [0.25, 0.3) is 0 Å². The second-order valence-electron chi connectivity index (χ2n) is 4.07. The Bertz CT molecular complexity index is 465. The fraction of sp³-hybridized carbons (Fsp3) is 0.417. The highest BCUT2D eigenvalue weighted by atomic mass is 35.5. The van der Waals surface area contributed by atoms with Crippen LogP contribution in [0.2, 0.25) is 10.0 Å². The Kier molecular flexibility index (Phi) is 4.32. The zero-order chi connectivity index (χ0) is 13.1. The quantitative estimate of drug-likeness (QED) is 0.925. The lowest BCUT2D eigenvalue weighted by Gasteiger charge is -2.26. The first kappa shape index (κ1) is 13.5. The van der Waals surface area contributed by atoms with Crippen LogP contribution < -0.4 is 5.73 Å². The van der Waals surface area contributed by atoms with E-state index in [9.17, 15) is 0 Å². The van der Waals surface area contributed by atoms with Crippen molar-refractivity contribution in [2.45, 2.75) is 6.04 Å². The number of methoxy groups -OCH3 is 1. The van der Waals surface area contributed by atoms with Crippen molar-refractivity contribution in [3.05, 3.63) is 33.8 Å². The van der Waals surface area contributed by atoms with E-state index >= 15 is 0 Å². The first-order valence-corrected chi connectivity index (χ1v) is 6.39. The molecule has 0 radical (unpaired) electrons. The van der Waals surface area contributed by atoms with Gasteiger partial charge in [-0.2, -0.15) is 0 Å². The maximum atomic E-state index is 6.22. The molecule has 98 valence electrons. The molecular weight excluding hydrogens is 273 g/mol. The number of hydrogen-bond acceptors (Lipinski definition) is 4. The molecule has 2 N–H and O–H groups in total. The Morgan fingerprint density at radius 2 is 2.28 bits per heavy atom. The van der Waals surface area contributed by atoms with Gasteiger partial charge in [0, 0.05) is 23.7 Å². The van der Waals surface area contributed by atoms with Crippen LogP contribution in [0.4, 0.5) is 0 Å². The molecule has 0 saturated carbocycles. The summed E-state index contributed by atoms with van der Waals surface area (Å²) in [5.41, 5.74) is 6.87. The van der Waals surface area contributed by atoms with Crippen LogP contribution in [0.1, 0.15) is 11.6 Å². The standard InChI is InChI=1S/C12H15Cl2N3O/c1-18-5-4-17-11(7-16-12(17)15)9-3-2-8(13)6-10(9)14/h2-3,6,11H,4-5,7H2,1H3,(H2,15,16). The fourth-order valence-corrected chi connectivity index (χ4v) is 2.56. The van der Waals surface area contributed by atoms with Crippen molar-refractivity contribution in [3.8, 4) is 0 Å². The molecule has 1 aromatic rings. The maximum Gasteiger partial charge on any atom is 0.192 e. The van der Waals surface area contributed by atoms with Crippen LogP contribution >= 0.6 is 23.2 Å². The van der Waals surface area contributed by atoms with E-state index in [1.807, 2.05) is 17.0 Å². The predicted octanol–water partition coefficient (Wildman–Crippen LogP) is 2.31. The second kappa shape index (κ2) is 5.78. The Morgan fingerprint density at radius 1 is 1.50 bits per heavy atom. The number of guanidine groups is 1. The van der Waals surface area contributed by atoms with E-state index in [1.165, 1.54) is 0 Å². The number of rotatable bonds is 4. The van der Waals surface area contributed by atoms with Gasteiger partial charge >= 0.3 is 0 Å². The highest BCUT2D eigenvalue weighted by Gasteiger charge is 2.28. The molecule has 2 rings (SSSR count). The SMILES string of the molecule is COCCN1C(N)=NCC1c1ccc(Cl)cc1Cl. The third kappa shape index (κ3) is 2.71. The molecular formula is C12H15Cl2N3O. The van der Waals surface area contributed by atoms with Crippen molar-refractivity contribution < 1.29 is 4.74 Å². The van der Waals surface area contributed by atoms with Gasteiger partial charge in [-0.3, -0.25) is 4.99 Å². The third-order valence-corrected chi connectivity index (χ3v) is 3.52. The van der Waals surface area contributed by atoms with Gasteiger partial charge in [0.2, 0.25) is 0 Å². The number of aliphatic imine (C=N–C) groups is 1. The number of hydrogen-bond donors (Lipinski definition) is 1. The molecule has 18 heavy (non-hydrogen) atoms. The van der Waals surface area contributed by atoms with E-state index in [1.54, 1.807) is 13.2 Å². The summed E-state index contributed by atoms with van der Waals surface area (Å²) < 4.78 is 5.08. The highest BCUT2D eigenvalue weighted by Crippen LogP contribution is 2.32. The Hall–Kier alpha value is -0.970. The molecule has 1 aromatic carbocycles. The normalized spacial score (nSPS) is 19.2. The summed E-state index contributed by atoms with van der Waals surface area (Å²) in [6.07, 6.45) is 0. The van der Waals surface area contributed by atoms with E-state index in [4.69, 9.17) is 33.7 Å². The van der Waals surface area contributed by atoms with Crippen LogP contribution in [-0.4, -0.2) is 37.7 Å². The second-order valence-corrected chi connectivity index (χ2v) is 4.91. The Labute approximate surface area is 116 Å². The van der Waals surface area contributed by atoms with Gasteiger partial charge in [0.1, 0.15) is 0 Å². The molecule has 0 aromatic heterocycles. The highest BCUT2D eigenvalue weighted by molar-refractivity contribution is 6.35. The molecule has 1 heterocycles. The fourth-order valence-electron chi connectivity index (χ4n) is 2.03.